The Bertz CT molecular complexity index is 1100. The molecule has 3 aromatic rings. The third-order valence-corrected chi connectivity index (χ3v) is 6.45. The number of ether oxygens (including phenoxy) is 1. The molecule has 0 fully saturated rings. The Morgan fingerprint density at radius 2 is 1.61 bits per heavy atom. The highest BCUT2D eigenvalue weighted by Gasteiger charge is 2.21. The molecule has 4 nitrogen and oxygen atoms in total. The van der Waals surface area contributed by atoms with Crippen LogP contribution in [0.1, 0.15) is 11.1 Å². The van der Waals surface area contributed by atoms with Crippen molar-refractivity contribution in [1.82, 2.24) is 0 Å². The lowest BCUT2D eigenvalue weighted by atomic mass is 10.0. The standard InChI is InChI=1S/C20H16Cl3NO3S/c1-27-19-7-2-3-8-20(19)28(25,26)24-18-10-9-14(21)11-13(18)12-15-16(22)5-4-6-17(15)23/h2-11,24H,12H2,1H3. The van der Waals surface area contributed by atoms with Crippen LogP contribution in [0, 0.1) is 0 Å². The fraction of sp³-hybridized carbons (Fsp3) is 0.100. The summed E-state index contributed by atoms with van der Waals surface area (Å²) in [7, 11) is -2.47. The maximum absolute atomic E-state index is 12.9. The molecule has 3 rings (SSSR count). The van der Waals surface area contributed by atoms with Crippen molar-refractivity contribution in [1.29, 1.82) is 0 Å². The SMILES string of the molecule is COc1ccccc1S(=O)(=O)Nc1ccc(Cl)cc1Cc1c(Cl)cccc1Cl. The van der Waals surface area contributed by atoms with E-state index in [1.165, 1.54) is 13.2 Å². The van der Waals surface area contributed by atoms with Crippen LogP contribution in [0.3, 0.4) is 0 Å². The quantitative estimate of drug-likeness (QED) is 0.491. The molecule has 0 aliphatic heterocycles. The monoisotopic (exact) mass is 455 g/mol. The van der Waals surface area contributed by atoms with Crippen LogP contribution in [-0.4, -0.2) is 15.5 Å². The lowest BCUT2D eigenvalue weighted by molar-refractivity contribution is 0.403. The van der Waals surface area contributed by atoms with Gasteiger partial charge in [0.05, 0.1) is 12.8 Å². The summed E-state index contributed by atoms with van der Waals surface area (Å²) in [4.78, 5) is 0.0363. The minimum absolute atomic E-state index is 0.0363. The van der Waals surface area contributed by atoms with Crippen LogP contribution >= 0.6 is 34.8 Å². The van der Waals surface area contributed by atoms with Crippen LogP contribution < -0.4 is 9.46 Å². The zero-order chi connectivity index (χ0) is 20.3. The lowest BCUT2D eigenvalue weighted by Gasteiger charge is -2.16. The van der Waals surface area contributed by atoms with Gasteiger partial charge in [-0.3, -0.25) is 4.72 Å². The van der Waals surface area contributed by atoms with Gasteiger partial charge in [-0.25, -0.2) is 8.42 Å². The number of halogens is 3. The van der Waals surface area contributed by atoms with Gasteiger partial charge in [0.25, 0.3) is 10.0 Å². The van der Waals surface area contributed by atoms with Gasteiger partial charge < -0.3 is 4.74 Å². The number of anilines is 1. The van der Waals surface area contributed by atoms with Gasteiger partial charge in [-0.05, 0) is 53.6 Å². The highest BCUT2D eigenvalue weighted by Crippen LogP contribution is 2.32. The molecule has 0 bridgehead atoms. The molecule has 3 aromatic carbocycles. The van der Waals surface area contributed by atoms with Gasteiger partial charge in [0, 0.05) is 21.5 Å². The van der Waals surface area contributed by atoms with Crippen molar-refractivity contribution in [3.63, 3.8) is 0 Å². The van der Waals surface area contributed by atoms with Crippen LogP contribution in [0.15, 0.2) is 65.6 Å². The number of benzene rings is 3. The Kier molecular flexibility index (Phi) is 6.40. The van der Waals surface area contributed by atoms with Crippen molar-refractivity contribution >= 4 is 50.5 Å². The number of sulfonamides is 1. The number of rotatable bonds is 6. The number of hydrogen-bond acceptors (Lipinski definition) is 3. The molecule has 0 aromatic heterocycles. The molecule has 8 heteroatoms. The Balaban J connectivity index is 2.02. The second-order valence-electron chi connectivity index (χ2n) is 5.93. The average molecular weight is 457 g/mol. The molecule has 146 valence electrons. The molecule has 0 aliphatic carbocycles. The predicted octanol–water partition coefficient (Wildman–Crippen LogP) is 6.05. The van der Waals surface area contributed by atoms with Gasteiger partial charge in [-0.15, -0.1) is 0 Å². The molecule has 0 atom stereocenters. The molecule has 0 aliphatic rings. The summed E-state index contributed by atoms with van der Waals surface area (Å²) < 4.78 is 33.6. The van der Waals surface area contributed by atoms with Gasteiger partial charge in [0.2, 0.25) is 0 Å². The Labute approximate surface area is 179 Å². The third-order valence-electron chi connectivity index (χ3n) is 4.10. The van der Waals surface area contributed by atoms with Crippen LogP contribution in [0.25, 0.3) is 0 Å². The van der Waals surface area contributed by atoms with Crippen molar-refractivity contribution < 1.29 is 13.2 Å². The van der Waals surface area contributed by atoms with E-state index in [-0.39, 0.29) is 10.6 Å². The molecule has 28 heavy (non-hydrogen) atoms. The summed E-state index contributed by atoms with van der Waals surface area (Å²) in [6, 6.07) is 16.5. The Morgan fingerprint density at radius 1 is 0.929 bits per heavy atom. The zero-order valence-electron chi connectivity index (χ0n) is 14.7. The summed E-state index contributed by atoms with van der Waals surface area (Å²) in [5, 5.41) is 1.45. The normalized spacial score (nSPS) is 11.3. The van der Waals surface area contributed by atoms with Gasteiger partial charge in [-0.1, -0.05) is 53.0 Å². The first kappa shape index (κ1) is 20.8. The van der Waals surface area contributed by atoms with Gasteiger partial charge in [0.15, 0.2) is 0 Å². The molecule has 0 saturated carbocycles. The van der Waals surface area contributed by atoms with Crippen molar-refractivity contribution in [2.75, 3.05) is 11.8 Å². The molecule has 0 saturated heterocycles. The van der Waals surface area contributed by atoms with E-state index in [2.05, 4.69) is 4.72 Å². The Morgan fingerprint density at radius 3 is 2.29 bits per heavy atom. The molecule has 0 unspecified atom stereocenters. The topological polar surface area (TPSA) is 55.4 Å². The minimum atomic E-state index is -3.89. The predicted molar refractivity (Wildman–Crippen MR) is 115 cm³/mol. The summed E-state index contributed by atoms with van der Waals surface area (Å²) in [5.41, 5.74) is 1.71. The van der Waals surface area contributed by atoms with Crippen LogP contribution in [0.2, 0.25) is 15.1 Å². The van der Waals surface area contributed by atoms with Gasteiger partial charge in [-0.2, -0.15) is 0 Å². The van der Waals surface area contributed by atoms with Gasteiger partial charge >= 0.3 is 0 Å². The summed E-state index contributed by atoms with van der Waals surface area (Å²) in [6.07, 6.45) is 0.308. The van der Waals surface area contributed by atoms with Crippen LogP contribution in [-0.2, 0) is 16.4 Å². The first-order valence-corrected chi connectivity index (χ1v) is 10.8. The lowest BCUT2D eigenvalue weighted by Crippen LogP contribution is -2.15. The van der Waals surface area contributed by atoms with Crippen LogP contribution in [0.4, 0.5) is 5.69 Å². The van der Waals surface area contributed by atoms with E-state index in [1.807, 2.05) is 0 Å². The number of nitrogens with one attached hydrogen (secondary N) is 1. The maximum atomic E-state index is 12.9. The van der Waals surface area contributed by atoms with E-state index in [0.717, 1.165) is 0 Å². The highest BCUT2D eigenvalue weighted by molar-refractivity contribution is 7.92. The molecule has 0 spiro atoms. The number of para-hydroxylation sites is 1. The third kappa shape index (κ3) is 4.55. The molecular formula is C20H16Cl3NO3S. The summed E-state index contributed by atoms with van der Waals surface area (Å²) in [5.74, 6) is 0.250. The summed E-state index contributed by atoms with van der Waals surface area (Å²) in [6.45, 7) is 0. The van der Waals surface area contributed by atoms with Crippen LogP contribution in [0.5, 0.6) is 5.75 Å². The Hall–Kier alpha value is -1.92. The first-order chi connectivity index (χ1) is 13.3. The fourth-order valence-electron chi connectivity index (χ4n) is 2.74. The molecule has 0 heterocycles. The fourth-order valence-corrected chi connectivity index (χ4v) is 4.74. The van der Waals surface area contributed by atoms with E-state index in [9.17, 15) is 8.42 Å². The van der Waals surface area contributed by atoms with Crippen molar-refractivity contribution in [2.24, 2.45) is 0 Å². The molecule has 0 radical (unpaired) electrons. The first-order valence-electron chi connectivity index (χ1n) is 8.19. The van der Waals surface area contributed by atoms with Crippen molar-refractivity contribution in [3.8, 4) is 5.75 Å². The molecule has 0 amide bonds. The second kappa shape index (κ2) is 8.62. The number of methoxy groups -OCH3 is 1. The smallest absolute Gasteiger partial charge is 0.265 e. The highest BCUT2D eigenvalue weighted by atomic mass is 35.5. The van der Waals surface area contributed by atoms with E-state index in [0.29, 0.717) is 38.3 Å². The largest absolute Gasteiger partial charge is 0.495 e. The number of hydrogen-bond donors (Lipinski definition) is 1. The van der Waals surface area contributed by atoms with E-state index in [4.69, 9.17) is 39.5 Å². The van der Waals surface area contributed by atoms with Crippen molar-refractivity contribution in [2.45, 2.75) is 11.3 Å². The average Bonchev–Trinajstić information content (AvgIpc) is 2.66. The minimum Gasteiger partial charge on any atom is -0.495 e. The van der Waals surface area contributed by atoms with E-state index < -0.39 is 10.0 Å². The van der Waals surface area contributed by atoms with Crippen molar-refractivity contribution in [3.05, 3.63) is 86.9 Å². The van der Waals surface area contributed by atoms with Gasteiger partial charge in [0.1, 0.15) is 10.6 Å². The summed E-state index contributed by atoms with van der Waals surface area (Å²) >= 11 is 18.7. The molecular weight excluding hydrogens is 441 g/mol. The second-order valence-corrected chi connectivity index (χ2v) is 8.84. The molecule has 1 N–H and O–H groups in total. The zero-order valence-corrected chi connectivity index (χ0v) is 17.8. The van der Waals surface area contributed by atoms with E-state index >= 15 is 0 Å². The maximum Gasteiger partial charge on any atom is 0.265 e. The van der Waals surface area contributed by atoms with E-state index in [1.54, 1.807) is 54.6 Å².